The third-order valence-corrected chi connectivity index (χ3v) is 3.14. The van der Waals surface area contributed by atoms with E-state index >= 15 is 0 Å². The van der Waals surface area contributed by atoms with Crippen LogP contribution in [0.2, 0.25) is 0 Å². The summed E-state index contributed by atoms with van der Waals surface area (Å²) in [7, 11) is 0. The lowest BCUT2D eigenvalue weighted by atomic mass is 9.92. The van der Waals surface area contributed by atoms with E-state index in [1.54, 1.807) is 0 Å². The van der Waals surface area contributed by atoms with Gasteiger partial charge in [-0.25, -0.2) is 0 Å². The van der Waals surface area contributed by atoms with E-state index < -0.39 is 0 Å². The predicted octanol–water partition coefficient (Wildman–Crippen LogP) is 2.02. The van der Waals surface area contributed by atoms with E-state index in [9.17, 15) is 0 Å². The van der Waals surface area contributed by atoms with E-state index in [4.69, 9.17) is 10.6 Å². The summed E-state index contributed by atoms with van der Waals surface area (Å²) in [5, 5.41) is 3.82. The van der Waals surface area contributed by atoms with Crippen LogP contribution in [0.4, 0.5) is 0 Å². The fraction of sp³-hybridized carbons (Fsp3) is 0.900. The highest BCUT2D eigenvalue weighted by atomic mass is 16.6. The fourth-order valence-corrected chi connectivity index (χ4v) is 2.35. The van der Waals surface area contributed by atoms with Gasteiger partial charge in [-0.05, 0) is 18.8 Å². The molecule has 1 aliphatic carbocycles. The van der Waals surface area contributed by atoms with Gasteiger partial charge in [0.05, 0.1) is 0 Å². The summed E-state index contributed by atoms with van der Waals surface area (Å²) in [6.45, 7) is 0. The third-order valence-electron chi connectivity index (χ3n) is 3.14. The Morgan fingerprint density at radius 2 is 1.85 bits per heavy atom. The Morgan fingerprint density at radius 3 is 2.38 bits per heavy atom. The first-order valence-electron chi connectivity index (χ1n) is 5.34. The van der Waals surface area contributed by atoms with Crippen LogP contribution in [0.25, 0.3) is 0 Å². The minimum atomic E-state index is 0.290. The van der Waals surface area contributed by atoms with Gasteiger partial charge in [0.25, 0.3) is 0 Å². The fourth-order valence-electron chi connectivity index (χ4n) is 2.35. The van der Waals surface area contributed by atoms with Crippen molar-refractivity contribution in [2.45, 2.75) is 51.0 Å². The van der Waals surface area contributed by atoms with Gasteiger partial charge < -0.3 is 10.6 Å². The molecule has 0 aromatic heterocycles. The molecule has 0 aromatic carbocycles. The standard InChI is InChI=1S/C10H18N2O/c11-10-7-9(13-12-10)8-5-3-1-2-4-6-8/h8-9H,1-7H2,(H2,11,12). The molecule has 0 radical (unpaired) electrons. The van der Waals surface area contributed by atoms with Crippen molar-refractivity contribution >= 4 is 5.84 Å². The number of amidine groups is 1. The summed E-state index contributed by atoms with van der Waals surface area (Å²) < 4.78 is 0. The van der Waals surface area contributed by atoms with E-state index in [0.29, 0.717) is 11.8 Å². The Morgan fingerprint density at radius 1 is 1.15 bits per heavy atom. The van der Waals surface area contributed by atoms with Crippen LogP contribution in [0.15, 0.2) is 5.16 Å². The molecule has 1 saturated carbocycles. The van der Waals surface area contributed by atoms with E-state index in [1.165, 1.54) is 38.5 Å². The van der Waals surface area contributed by atoms with E-state index in [1.807, 2.05) is 0 Å². The van der Waals surface area contributed by atoms with Crippen molar-refractivity contribution in [1.82, 2.24) is 0 Å². The molecule has 74 valence electrons. The Balaban J connectivity index is 1.85. The van der Waals surface area contributed by atoms with Crippen molar-refractivity contribution in [3.8, 4) is 0 Å². The molecule has 1 fully saturated rings. The molecule has 13 heavy (non-hydrogen) atoms. The summed E-state index contributed by atoms with van der Waals surface area (Å²) in [6, 6.07) is 0. The second-order valence-corrected chi connectivity index (χ2v) is 4.18. The molecule has 1 aliphatic heterocycles. The zero-order valence-electron chi connectivity index (χ0n) is 8.04. The molecule has 2 rings (SSSR count). The number of oxime groups is 1. The minimum Gasteiger partial charge on any atom is -0.390 e. The molecular formula is C10H18N2O. The van der Waals surface area contributed by atoms with Crippen LogP contribution < -0.4 is 5.73 Å². The van der Waals surface area contributed by atoms with Gasteiger partial charge in [-0.2, -0.15) is 0 Å². The van der Waals surface area contributed by atoms with E-state index in [-0.39, 0.29) is 6.10 Å². The zero-order valence-corrected chi connectivity index (χ0v) is 8.04. The van der Waals surface area contributed by atoms with E-state index in [0.717, 1.165) is 6.42 Å². The van der Waals surface area contributed by atoms with Crippen LogP contribution in [0.3, 0.4) is 0 Å². The minimum absolute atomic E-state index is 0.290. The highest BCUT2D eigenvalue weighted by Crippen LogP contribution is 2.30. The third kappa shape index (κ3) is 2.14. The van der Waals surface area contributed by atoms with Gasteiger partial charge in [0.2, 0.25) is 0 Å². The average molecular weight is 182 g/mol. The summed E-state index contributed by atoms with van der Waals surface area (Å²) in [4.78, 5) is 5.32. The average Bonchev–Trinajstić information content (AvgIpc) is 2.43. The van der Waals surface area contributed by atoms with Crippen molar-refractivity contribution < 1.29 is 4.84 Å². The van der Waals surface area contributed by atoms with Crippen LogP contribution in [-0.4, -0.2) is 11.9 Å². The summed E-state index contributed by atoms with van der Waals surface area (Å²) >= 11 is 0. The number of rotatable bonds is 1. The molecule has 3 nitrogen and oxygen atoms in total. The molecule has 0 amide bonds. The molecule has 0 bridgehead atoms. The number of hydrogen-bond donors (Lipinski definition) is 1. The summed E-state index contributed by atoms with van der Waals surface area (Å²) in [6.07, 6.45) is 9.22. The van der Waals surface area contributed by atoms with Gasteiger partial charge in [-0.1, -0.05) is 30.8 Å². The second-order valence-electron chi connectivity index (χ2n) is 4.18. The topological polar surface area (TPSA) is 47.6 Å². The van der Waals surface area contributed by atoms with Gasteiger partial charge in [-0.3, -0.25) is 0 Å². The molecule has 2 aliphatic rings. The van der Waals surface area contributed by atoms with Crippen molar-refractivity contribution in [3.05, 3.63) is 0 Å². The predicted molar refractivity (Wildman–Crippen MR) is 52.3 cm³/mol. The molecule has 0 saturated heterocycles. The quantitative estimate of drug-likeness (QED) is 0.631. The molecule has 1 atom stereocenters. The SMILES string of the molecule is NC1=NOC(C2CCCCCC2)C1. The van der Waals surface area contributed by atoms with Crippen molar-refractivity contribution in [1.29, 1.82) is 0 Å². The van der Waals surface area contributed by atoms with Crippen LogP contribution in [0.1, 0.15) is 44.9 Å². The van der Waals surface area contributed by atoms with Gasteiger partial charge in [0.1, 0.15) is 11.9 Å². The van der Waals surface area contributed by atoms with Crippen LogP contribution in [-0.2, 0) is 4.84 Å². The molecule has 0 aromatic rings. The maximum Gasteiger partial charge on any atom is 0.143 e. The number of nitrogens with zero attached hydrogens (tertiary/aromatic N) is 1. The Hall–Kier alpha value is -0.730. The van der Waals surface area contributed by atoms with Crippen molar-refractivity contribution in [2.75, 3.05) is 0 Å². The van der Waals surface area contributed by atoms with Crippen LogP contribution >= 0.6 is 0 Å². The maximum absolute atomic E-state index is 5.60. The molecule has 2 N–H and O–H groups in total. The van der Waals surface area contributed by atoms with E-state index in [2.05, 4.69) is 5.16 Å². The first kappa shape index (κ1) is 8.85. The van der Waals surface area contributed by atoms with Gasteiger partial charge in [0.15, 0.2) is 0 Å². The normalized spacial score (nSPS) is 30.8. The molecule has 1 unspecified atom stereocenters. The van der Waals surface area contributed by atoms with Crippen molar-refractivity contribution in [3.63, 3.8) is 0 Å². The second kappa shape index (κ2) is 3.99. The Kier molecular flexibility index (Phi) is 2.71. The first-order valence-corrected chi connectivity index (χ1v) is 5.34. The van der Waals surface area contributed by atoms with Crippen molar-refractivity contribution in [2.24, 2.45) is 16.8 Å². The molecule has 1 heterocycles. The summed E-state index contributed by atoms with van der Waals surface area (Å²) in [5.74, 6) is 1.38. The molecule has 0 spiro atoms. The van der Waals surface area contributed by atoms with Gasteiger partial charge >= 0.3 is 0 Å². The Labute approximate surface area is 79.3 Å². The summed E-state index contributed by atoms with van der Waals surface area (Å²) in [5.41, 5.74) is 5.60. The lowest BCUT2D eigenvalue weighted by Crippen LogP contribution is -2.22. The van der Waals surface area contributed by atoms with Gasteiger partial charge in [-0.15, -0.1) is 0 Å². The van der Waals surface area contributed by atoms with Crippen LogP contribution in [0.5, 0.6) is 0 Å². The largest absolute Gasteiger partial charge is 0.390 e. The smallest absolute Gasteiger partial charge is 0.143 e. The maximum atomic E-state index is 5.60. The van der Waals surface area contributed by atoms with Gasteiger partial charge in [0, 0.05) is 6.42 Å². The first-order chi connectivity index (χ1) is 6.36. The number of hydrogen-bond acceptors (Lipinski definition) is 3. The highest BCUT2D eigenvalue weighted by Gasteiger charge is 2.28. The monoisotopic (exact) mass is 182 g/mol. The lowest BCUT2D eigenvalue weighted by molar-refractivity contribution is 0.0348. The Bertz CT molecular complexity index is 195. The molecule has 3 heteroatoms. The highest BCUT2D eigenvalue weighted by molar-refractivity contribution is 5.81. The van der Waals surface area contributed by atoms with Crippen LogP contribution in [0, 0.1) is 5.92 Å². The number of nitrogens with two attached hydrogens (primary N) is 1. The molecular weight excluding hydrogens is 164 g/mol. The lowest BCUT2D eigenvalue weighted by Gasteiger charge is -2.18. The zero-order chi connectivity index (χ0) is 9.10.